The molecule has 0 saturated heterocycles. The predicted octanol–water partition coefficient (Wildman–Crippen LogP) is 1.15. The summed E-state index contributed by atoms with van der Waals surface area (Å²) in [7, 11) is 3.64. The van der Waals surface area contributed by atoms with Crippen molar-refractivity contribution in [2.45, 2.75) is 38.0 Å². The van der Waals surface area contributed by atoms with E-state index in [1.165, 1.54) is 0 Å². The summed E-state index contributed by atoms with van der Waals surface area (Å²) >= 11 is 6.02. The maximum absolute atomic E-state index is 12.7. The highest BCUT2D eigenvalue weighted by Gasteiger charge is 2.39. The van der Waals surface area contributed by atoms with Gasteiger partial charge in [-0.05, 0) is 38.0 Å². The average Bonchev–Trinajstić information content (AvgIpc) is 2.48. The lowest BCUT2D eigenvalue weighted by Crippen LogP contribution is -2.54. The summed E-state index contributed by atoms with van der Waals surface area (Å²) in [5.41, 5.74) is -1.08. The van der Waals surface area contributed by atoms with Crippen LogP contribution in [0.3, 0.4) is 0 Å². The molecule has 1 heterocycles. The largest absolute Gasteiger partial charge is 0.390 e. The van der Waals surface area contributed by atoms with Gasteiger partial charge in [0.25, 0.3) is 5.56 Å². The number of rotatable bonds is 4. The Morgan fingerprint density at radius 3 is 2.72 bits per heavy atom. The van der Waals surface area contributed by atoms with Crippen molar-refractivity contribution in [1.29, 1.82) is 0 Å². The van der Waals surface area contributed by atoms with Gasteiger partial charge in [-0.25, -0.2) is 4.68 Å². The van der Waals surface area contributed by atoms with E-state index in [9.17, 15) is 14.7 Å². The van der Waals surface area contributed by atoms with Crippen molar-refractivity contribution in [2.75, 3.05) is 19.0 Å². The number of nitrogens with zero attached hydrogens (tertiary/aromatic N) is 3. The van der Waals surface area contributed by atoms with Crippen LogP contribution >= 0.6 is 11.6 Å². The van der Waals surface area contributed by atoms with Crippen LogP contribution in [0.15, 0.2) is 23.0 Å². The summed E-state index contributed by atoms with van der Waals surface area (Å²) in [5.74, 6) is 0.284. The van der Waals surface area contributed by atoms with Crippen LogP contribution in [0.5, 0.6) is 0 Å². The fourth-order valence-electron chi connectivity index (χ4n) is 3.19. The molecule has 1 aliphatic rings. The molecule has 1 aliphatic carbocycles. The molecule has 0 bridgehead atoms. The topological polar surface area (TPSA) is 87.5 Å². The number of carbonyl (C=O) groups is 1. The first-order valence-electron chi connectivity index (χ1n) is 8.06. The van der Waals surface area contributed by atoms with E-state index in [-0.39, 0.29) is 24.1 Å². The van der Waals surface area contributed by atoms with Crippen molar-refractivity contribution in [3.63, 3.8) is 0 Å². The summed E-state index contributed by atoms with van der Waals surface area (Å²) in [6, 6.07) is 4.98. The Balaban J connectivity index is 1.89. The lowest BCUT2D eigenvalue weighted by atomic mass is 9.77. The number of anilines is 1. The Bertz CT molecular complexity index is 883. The second-order valence-electron chi connectivity index (χ2n) is 7.04. The Morgan fingerprint density at radius 1 is 1.44 bits per heavy atom. The van der Waals surface area contributed by atoms with E-state index in [0.29, 0.717) is 34.5 Å². The lowest BCUT2D eigenvalue weighted by molar-refractivity contribution is -0.125. The Labute approximate surface area is 150 Å². The molecule has 8 heteroatoms. The molecule has 0 aliphatic heterocycles. The first-order chi connectivity index (χ1) is 11.7. The molecule has 134 valence electrons. The van der Waals surface area contributed by atoms with Crippen molar-refractivity contribution in [2.24, 2.45) is 0 Å². The highest BCUT2D eigenvalue weighted by molar-refractivity contribution is 6.31. The molecule has 0 spiro atoms. The van der Waals surface area contributed by atoms with Crippen LogP contribution in [0, 0.1) is 0 Å². The van der Waals surface area contributed by atoms with Crippen LogP contribution in [0.25, 0.3) is 10.8 Å². The van der Waals surface area contributed by atoms with Crippen molar-refractivity contribution in [3.8, 4) is 0 Å². The molecule has 3 rings (SSSR count). The van der Waals surface area contributed by atoms with Gasteiger partial charge in [0.15, 0.2) is 5.82 Å². The Kier molecular flexibility index (Phi) is 4.47. The van der Waals surface area contributed by atoms with Gasteiger partial charge in [0.1, 0.15) is 6.54 Å². The third kappa shape index (κ3) is 3.62. The van der Waals surface area contributed by atoms with Crippen molar-refractivity contribution in [1.82, 2.24) is 15.1 Å². The van der Waals surface area contributed by atoms with Gasteiger partial charge in [0, 0.05) is 30.5 Å². The number of benzene rings is 1. The number of hydrogen-bond acceptors (Lipinski definition) is 5. The normalized spacial score (nSPS) is 22.5. The summed E-state index contributed by atoms with van der Waals surface area (Å²) in [4.78, 5) is 26.7. The van der Waals surface area contributed by atoms with Crippen LogP contribution in [-0.2, 0) is 11.3 Å². The Morgan fingerprint density at radius 2 is 2.12 bits per heavy atom. The number of aromatic nitrogens is 2. The zero-order chi connectivity index (χ0) is 18.4. The molecule has 1 amide bonds. The van der Waals surface area contributed by atoms with Gasteiger partial charge in [0.05, 0.1) is 11.0 Å². The molecule has 7 nitrogen and oxygen atoms in total. The van der Waals surface area contributed by atoms with Gasteiger partial charge in [-0.15, -0.1) is 0 Å². The van der Waals surface area contributed by atoms with Gasteiger partial charge in [0.2, 0.25) is 5.91 Å². The van der Waals surface area contributed by atoms with Crippen LogP contribution in [0.4, 0.5) is 5.82 Å². The van der Waals surface area contributed by atoms with Gasteiger partial charge in [-0.3, -0.25) is 9.59 Å². The third-order valence-electron chi connectivity index (χ3n) is 4.36. The highest BCUT2D eigenvalue weighted by atomic mass is 35.5. The second-order valence-corrected chi connectivity index (χ2v) is 7.48. The average molecular weight is 365 g/mol. The molecule has 1 aromatic heterocycles. The fourth-order valence-corrected chi connectivity index (χ4v) is 3.36. The van der Waals surface area contributed by atoms with Gasteiger partial charge >= 0.3 is 0 Å². The van der Waals surface area contributed by atoms with Crippen LogP contribution in [-0.4, -0.2) is 46.5 Å². The molecule has 25 heavy (non-hydrogen) atoms. The molecule has 2 aromatic rings. The van der Waals surface area contributed by atoms with Gasteiger partial charge in [-0.1, -0.05) is 11.6 Å². The number of carbonyl (C=O) groups excluding carboxylic acids is 1. The number of halogens is 1. The second kappa shape index (κ2) is 6.31. The zero-order valence-corrected chi connectivity index (χ0v) is 15.2. The summed E-state index contributed by atoms with van der Waals surface area (Å²) in [6.45, 7) is 1.55. The zero-order valence-electron chi connectivity index (χ0n) is 14.4. The summed E-state index contributed by atoms with van der Waals surface area (Å²) in [6.07, 6.45) is 1.02. The molecular formula is C17H21ClN4O3. The summed E-state index contributed by atoms with van der Waals surface area (Å²) < 4.78 is 1.15. The molecular weight excluding hydrogens is 344 g/mol. The van der Waals surface area contributed by atoms with Crippen LogP contribution < -0.4 is 15.8 Å². The minimum Gasteiger partial charge on any atom is -0.390 e. The number of hydrogen-bond donors (Lipinski definition) is 2. The minimum absolute atomic E-state index is 0.0681. The van der Waals surface area contributed by atoms with Crippen molar-refractivity contribution in [3.05, 3.63) is 33.6 Å². The molecule has 1 aromatic carbocycles. The van der Waals surface area contributed by atoms with Gasteiger partial charge in [-0.2, -0.15) is 5.10 Å². The third-order valence-corrected chi connectivity index (χ3v) is 4.59. The number of amides is 1. The maximum atomic E-state index is 12.7. The summed E-state index contributed by atoms with van der Waals surface area (Å²) in [5, 5.41) is 18.4. The standard InChI is InChI=1S/C17H21ClN4O3/c1-17(25)7-11(8-17)19-14(23)9-22-16(24)13-6-10(18)4-5-12(13)15(20-22)21(2)3/h4-6,11,25H,7-9H2,1-3H3,(H,19,23)/t11-,17+. The van der Waals surface area contributed by atoms with E-state index in [1.54, 1.807) is 30.0 Å². The van der Waals surface area contributed by atoms with Gasteiger partial charge < -0.3 is 15.3 Å². The van der Waals surface area contributed by atoms with Crippen molar-refractivity contribution < 1.29 is 9.90 Å². The minimum atomic E-state index is -0.717. The van der Waals surface area contributed by atoms with Crippen molar-refractivity contribution >= 4 is 34.1 Å². The molecule has 0 unspecified atom stereocenters. The molecule has 1 fully saturated rings. The number of aliphatic hydroxyl groups is 1. The quantitative estimate of drug-likeness (QED) is 0.849. The van der Waals surface area contributed by atoms with Crippen LogP contribution in [0.2, 0.25) is 5.02 Å². The first kappa shape index (κ1) is 17.7. The van der Waals surface area contributed by atoms with Crippen LogP contribution in [0.1, 0.15) is 19.8 Å². The van der Waals surface area contributed by atoms with E-state index in [4.69, 9.17) is 11.6 Å². The lowest BCUT2D eigenvalue weighted by Gasteiger charge is -2.41. The highest BCUT2D eigenvalue weighted by Crippen LogP contribution is 2.31. The Hall–Kier alpha value is -2.12. The van der Waals surface area contributed by atoms with E-state index in [1.807, 2.05) is 14.1 Å². The number of fused-ring (bicyclic) bond motifs is 1. The first-order valence-corrected chi connectivity index (χ1v) is 8.43. The molecule has 1 saturated carbocycles. The van der Waals surface area contributed by atoms with E-state index in [2.05, 4.69) is 10.4 Å². The predicted molar refractivity (Wildman–Crippen MR) is 97.1 cm³/mol. The maximum Gasteiger partial charge on any atom is 0.275 e. The number of nitrogens with one attached hydrogen (secondary N) is 1. The molecule has 0 radical (unpaired) electrons. The van der Waals surface area contributed by atoms with E-state index < -0.39 is 5.60 Å². The van der Waals surface area contributed by atoms with E-state index >= 15 is 0 Å². The molecule has 2 N–H and O–H groups in total. The smallest absolute Gasteiger partial charge is 0.275 e. The van der Waals surface area contributed by atoms with E-state index in [0.717, 1.165) is 4.68 Å². The molecule has 0 atom stereocenters. The fraction of sp³-hybridized carbons (Fsp3) is 0.471. The SMILES string of the molecule is CN(C)c1nn(CC(=O)N[C@H]2C[C@@](C)(O)C2)c(=O)c2cc(Cl)ccc12. The monoisotopic (exact) mass is 364 g/mol.